The van der Waals surface area contributed by atoms with Gasteiger partial charge in [0.1, 0.15) is 0 Å². The highest BCUT2D eigenvalue weighted by Gasteiger charge is 2.39. The van der Waals surface area contributed by atoms with E-state index in [4.69, 9.17) is 0 Å². The van der Waals surface area contributed by atoms with Crippen LogP contribution in [0.15, 0.2) is 24.3 Å². The lowest BCUT2D eigenvalue weighted by Gasteiger charge is -2.18. The molecule has 1 aromatic rings. The number of likely N-dealkylation sites (tertiary alicyclic amines) is 1. The van der Waals surface area contributed by atoms with Crippen molar-refractivity contribution in [3.8, 4) is 0 Å². The van der Waals surface area contributed by atoms with Crippen LogP contribution in [-0.4, -0.2) is 35.4 Å². The van der Waals surface area contributed by atoms with Crippen molar-refractivity contribution >= 4 is 0 Å². The monoisotopic (exact) mass is 299 g/mol. The Balaban J connectivity index is 1.55. The first-order valence-electron chi connectivity index (χ1n) is 7.44. The molecular weight excluding hydrogens is 279 g/mol. The van der Waals surface area contributed by atoms with E-state index in [1.165, 1.54) is 0 Å². The summed E-state index contributed by atoms with van der Waals surface area (Å²) in [6, 6.07) is 6.74. The van der Waals surface area contributed by atoms with Crippen molar-refractivity contribution in [2.24, 2.45) is 11.8 Å². The zero-order valence-electron chi connectivity index (χ0n) is 11.8. The average molecular weight is 299 g/mol. The molecule has 1 saturated carbocycles. The van der Waals surface area contributed by atoms with Gasteiger partial charge in [-0.2, -0.15) is 13.2 Å². The minimum atomic E-state index is -4.14. The smallest absolute Gasteiger partial charge is 0.393 e. The summed E-state index contributed by atoms with van der Waals surface area (Å²) in [5, 5.41) is 9.62. The van der Waals surface area contributed by atoms with E-state index in [1.807, 2.05) is 0 Å². The third-order valence-electron chi connectivity index (χ3n) is 4.64. The lowest BCUT2D eigenvalue weighted by Crippen LogP contribution is -2.22. The number of hydrogen-bond donors (Lipinski definition) is 1. The van der Waals surface area contributed by atoms with Crippen LogP contribution in [0.25, 0.3) is 0 Å². The summed E-state index contributed by atoms with van der Waals surface area (Å²) < 4.78 is 36.9. The highest BCUT2D eigenvalue weighted by atomic mass is 19.4. The second-order valence-corrected chi connectivity index (χ2v) is 6.45. The SMILES string of the molecule is OC1C[C@@H]2CN(Cc3ccc(CC(F)(F)F)cc3)C[C@@H]2C1. The lowest BCUT2D eigenvalue weighted by molar-refractivity contribution is -0.127. The first-order chi connectivity index (χ1) is 9.89. The van der Waals surface area contributed by atoms with Crippen molar-refractivity contribution in [1.29, 1.82) is 0 Å². The van der Waals surface area contributed by atoms with Gasteiger partial charge in [0.25, 0.3) is 0 Å². The molecule has 2 fully saturated rings. The maximum absolute atomic E-state index is 12.3. The fourth-order valence-corrected chi connectivity index (χ4v) is 3.75. The summed E-state index contributed by atoms with van der Waals surface area (Å²) in [7, 11) is 0. The number of aliphatic hydroxyl groups excluding tert-OH is 1. The molecule has 1 heterocycles. The molecule has 5 heteroatoms. The second kappa shape index (κ2) is 5.61. The first kappa shape index (κ1) is 14.9. The summed E-state index contributed by atoms with van der Waals surface area (Å²) in [5.41, 5.74) is 1.37. The molecule has 1 saturated heterocycles. The minimum absolute atomic E-state index is 0.135. The Morgan fingerprint density at radius 2 is 1.52 bits per heavy atom. The topological polar surface area (TPSA) is 23.5 Å². The van der Waals surface area contributed by atoms with Gasteiger partial charge in [0, 0.05) is 19.6 Å². The molecule has 1 unspecified atom stereocenters. The van der Waals surface area contributed by atoms with Gasteiger partial charge in [0.05, 0.1) is 12.5 Å². The molecule has 1 aromatic carbocycles. The Hall–Kier alpha value is -1.07. The fraction of sp³-hybridized carbons (Fsp3) is 0.625. The molecule has 0 aromatic heterocycles. The first-order valence-corrected chi connectivity index (χ1v) is 7.44. The van der Waals surface area contributed by atoms with Crippen LogP contribution in [0, 0.1) is 11.8 Å². The summed E-state index contributed by atoms with van der Waals surface area (Å²) in [6.07, 6.45) is -3.35. The number of hydrogen-bond acceptors (Lipinski definition) is 2. The molecule has 1 aliphatic carbocycles. The van der Waals surface area contributed by atoms with Gasteiger partial charge >= 0.3 is 6.18 Å². The van der Waals surface area contributed by atoms with Crippen molar-refractivity contribution < 1.29 is 18.3 Å². The number of alkyl halides is 3. The maximum Gasteiger partial charge on any atom is 0.393 e. The Labute approximate surface area is 122 Å². The van der Waals surface area contributed by atoms with Gasteiger partial charge in [0.2, 0.25) is 0 Å². The molecule has 0 radical (unpaired) electrons. The van der Waals surface area contributed by atoms with E-state index in [0.717, 1.165) is 38.0 Å². The quantitative estimate of drug-likeness (QED) is 0.927. The number of halogens is 3. The largest absolute Gasteiger partial charge is 0.393 e. The number of benzene rings is 1. The van der Waals surface area contributed by atoms with Crippen LogP contribution >= 0.6 is 0 Å². The molecule has 1 N–H and O–H groups in total. The van der Waals surface area contributed by atoms with Crippen LogP contribution in [0.2, 0.25) is 0 Å². The standard InChI is InChI=1S/C16H20F3NO/c17-16(18,19)7-11-1-3-12(4-2-11)8-20-9-13-5-15(21)6-14(13)10-20/h1-4,13-15,21H,5-10H2/t13-,14+,15?. The van der Waals surface area contributed by atoms with E-state index in [9.17, 15) is 18.3 Å². The van der Waals surface area contributed by atoms with Gasteiger partial charge in [-0.05, 0) is 35.8 Å². The van der Waals surface area contributed by atoms with Crippen molar-refractivity contribution in [2.45, 2.75) is 38.1 Å². The van der Waals surface area contributed by atoms with E-state index < -0.39 is 12.6 Å². The highest BCUT2D eigenvalue weighted by molar-refractivity contribution is 5.23. The fourth-order valence-electron chi connectivity index (χ4n) is 3.75. The predicted molar refractivity (Wildman–Crippen MR) is 73.7 cm³/mol. The highest BCUT2D eigenvalue weighted by Crippen LogP contribution is 2.38. The number of fused-ring (bicyclic) bond motifs is 1. The third kappa shape index (κ3) is 3.77. The van der Waals surface area contributed by atoms with Crippen molar-refractivity contribution in [3.63, 3.8) is 0 Å². The van der Waals surface area contributed by atoms with Gasteiger partial charge in [-0.1, -0.05) is 24.3 Å². The minimum Gasteiger partial charge on any atom is -0.393 e. The number of aliphatic hydroxyl groups is 1. The maximum atomic E-state index is 12.3. The Morgan fingerprint density at radius 3 is 2.05 bits per heavy atom. The van der Waals surface area contributed by atoms with E-state index in [1.54, 1.807) is 24.3 Å². The molecule has 0 amide bonds. The zero-order chi connectivity index (χ0) is 15.0. The number of rotatable bonds is 3. The van der Waals surface area contributed by atoms with Crippen LogP contribution in [0.4, 0.5) is 13.2 Å². The third-order valence-corrected chi connectivity index (χ3v) is 4.64. The Morgan fingerprint density at radius 1 is 1.00 bits per heavy atom. The van der Waals surface area contributed by atoms with Gasteiger partial charge in [-0.25, -0.2) is 0 Å². The molecule has 2 nitrogen and oxygen atoms in total. The van der Waals surface area contributed by atoms with E-state index in [0.29, 0.717) is 17.4 Å². The summed E-state index contributed by atoms with van der Waals surface area (Å²) in [4.78, 5) is 2.35. The normalized spacial score (nSPS) is 29.8. The van der Waals surface area contributed by atoms with Crippen LogP contribution in [0.5, 0.6) is 0 Å². The summed E-state index contributed by atoms with van der Waals surface area (Å²) in [6.45, 7) is 2.77. The molecule has 3 atom stereocenters. The molecule has 3 rings (SSSR count). The van der Waals surface area contributed by atoms with Crippen molar-refractivity contribution in [3.05, 3.63) is 35.4 Å². The second-order valence-electron chi connectivity index (χ2n) is 6.45. The molecule has 116 valence electrons. The Bertz CT molecular complexity index is 471. The van der Waals surface area contributed by atoms with Crippen LogP contribution < -0.4 is 0 Å². The molecule has 21 heavy (non-hydrogen) atoms. The molecule has 0 spiro atoms. The summed E-state index contributed by atoms with van der Waals surface area (Å²) >= 11 is 0. The van der Waals surface area contributed by atoms with Gasteiger partial charge in [-0.3, -0.25) is 4.90 Å². The van der Waals surface area contributed by atoms with Crippen LogP contribution in [0.3, 0.4) is 0 Å². The van der Waals surface area contributed by atoms with Crippen molar-refractivity contribution in [2.75, 3.05) is 13.1 Å². The van der Waals surface area contributed by atoms with Crippen LogP contribution in [0.1, 0.15) is 24.0 Å². The number of nitrogens with zero attached hydrogens (tertiary/aromatic N) is 1. The van der Waals surface area contributed by atoms with E-state index in [-0.39, 0.29) is 6.10 Å². The predicted octanol–water partition coefficient (Wildman–Crippen LogP) is 2.99. The lowest BCUT2D eigenvalue weighted by atomic mass is 10.0. The summed E-state index contributed by atoms with van der Waals surface area (Å²) in [5.74, 6) is 1.18. The van der Waals surface area contributed by atoms with Gasteiger partial charge in [-0.15, -0.1) is 0 Å². The molecule has 2 aliphatic rings. The zero-order valence-corrected chi connectivity index (χ0v) is 11.8. The van der Waals surface area contributed by atoms with Crippen LogP contribution in [-0.2, 0) is 13.0 Å². The van der Waals surface area contributed by atoms with Gasteiger partial charge < -0.3 is 5.11 Å². The van der Waals surface area contributed by atoms with Gasteiger partial charge in [0.15, 0.2) is 0 Å². The van der Waals surface area contributed by atoms with E-state index >= 15 is 0 Å². The molecular formula is C16H20F3NO. The van der Waals surface area contributed by atoms with Crippen molar-refractivity contribution in [1.82, 2.24) is 4.90 Å². The van der Waals surface area contributed by atoms with E-state index in [2.05, 4.69) is 4.90 Å². The molecule has 0 bridgehead atoms. The Kier molecular flexibility index (Phi) is 3.97. The average Bonchev–Trinajstić information content (AvgIpc) is 2.86. The molecule has 1 aliphatic heterocycles.